The van der Waals surface area contributed by atoms with Crippen molar-refractivity contribution >= 4 is 26.7 Å². The molecule has 0 saturated carbocycles. The standard InChI is InChI=1S/C21H19FO4S/c1-25-19-9-10-21(20(13-19)26-2)27(23,24)14-18(22)12-15-7-8-16-5-3-4-6-17(16)11-15/h3-13H,14H2,1-2H3/b18-12-. The molecule has 140 valence electrons. The summed E-state index contributed by atoms with van der Waals surface area (Å²) in [4.78, 5) is -0.0761. The maximum absolute atomic E-state index is 14.5. The Labute approximate surface area is 157 Å². The van der Waals surface area contributed by atoms with Gasteiger partial charge in [-0.15, -0.1) is 0 Å². The average molecular weight is 386 g/mol. The molecule has 0 unspecified atom stereocenters. The van der Waals surface area contributed by atoms with Gasteiger partial charge in [-0.3, -0.25) is 0 Å². The highest BCUT2D eigenvalue weighted by atomic mass is 32.2. The molecule has 3 rings (SSSR count). The molecule has 3 aromatic rings. The first-order valence-corrected chi connectivity index (χ1v) is 9.88. The molecule has 0 bridgehead atoms. The number of hydrogen-bond donors (Lipinski definition) is 0. The summed E-state index contributed by atoms with van der Waals surface area (Å²) in [5, 5.41) is 1.99. The van der Waals surface area contributed by atoms with Crippen LogP contribution in [0.4, 0.5) is 4.39 Å². The van der Waals surface area contributed by atoms with Gasteiger partial charge in [0.05, 0.1) is 14.2 Å². The van der Waals surface area contributed by atoms with Crippen LogP contribution in [0.2, 0.25) is 0 Å². The van der Waals surface area contributed by atoms with Crippen molar-refractivity contribution in [3.63, 3.8) is 0 Å². The van der Waals surface area contributed by atoms with Gasteiger partial charge in [0.15, 0.2) is 9.84 Å². The number of halogens is 1. The van der Waals surface area contributed by atoms with E-state index in [1.54, 1.807) is 6.07 Å². The minimum Gasteiger partial charge on any atom is -0.497 e. The summed E-state index contributed by atoms with van der Waals surface area (Å²) in [6, 6.07) is 17.4. The van der Waals surface area contributed by atoms with E-state index < -0.39 is 21.4 Å². The predicted octanol–water partition coefficient (Wildman–Crippen LogP) is 4.64. The van der Waals surface area contributed by atoms with Gasteiger partial charge in [0.2, 0.25) is 0 Å². The highest BCUT2D eigenvalue weighted by Crippen LogP contribution is 2.30. The van der Waals surface area contributed by atoms with Crippen LogP contribution in [-0.4, -0.2) is 28.4 Å². The Kier molecular flexibility index (Phi) is 5.46. The van der Waals surface area contributed by atoms with Crippen LogP contribution in [0.15, 0.2) is 71.4 Å². The van der Waals surface area contributed by atoms with E-state index >= 15 is 0 Å². The Morgan fingerprint density at radius 3 is 2.41 bits per heavy atom. The van der Waals surface area contributed by atoms with Gasteiger partial charge in [-0.25, -0.2) is 12.8 Å². The molecule has 3 aromatic carbocycles. The molecule has 0 heterocycles. The Morgan fingerprint density at radius 1 is 0.963 bits per heavy atom. The van der Waals surface area contributed by atoms with Crippen LogP contribution in [-0.2, 0) is 9.84 Å². The summed E-state index contributed by atoms with van der Waals surface area (Å²) in [6.07, 6.45) is 1.24. The summed E-state index contributed by atoms with van der Waals surface area (Å²) < 4.78 is 49.9. The van der Waals surface area contributed by atoms with Crippen LogP contribution in [0.3, 0.4) is 0 Å². The molecule has 0 aliphatic heterocycles. The molecule has 0 aromatic heterocycles. The molecule has 0 spiro atoms. The number of sulfone groups is 1. The molecule has 0 amide bonds. The third-order valence-corrected chi connectivity index (χ3v) is 5.79. The molecular formula is C21H19FO4S. The van der Waals surface area contributed by atoms with Gasteiger partial charge in [0, 0.05) is 6.07 Å². The van der Waals surface area contributed by atoms with E-state index in [4.69, 9.17) is 9.47 Å². The Hall–Kier alpha value is -2.86. The largest absolute Gasteiger partial charge is 0.497 e. The zero-order valence-corrected chi connectivity index (χ0v) is 15.8. The first-order valence-electron chi connectivity index (χ1n) is 8.22. The minimum atomic E-state index is -3.91. The monoisotopic (exact) mass is 386 g/mol. The second-order valence-electron chi connectivity index (χ2n) is 5.97. The third kappa shape index (κ3) is 4.28. The van der Waals surface area contributed by atoms with Gasteiger partial charge in [-0.1, -0.05) is 36.4 Å². The van der Waals surface area contributed by atoms with Crippen molar-refractivity contribution < 1.29 is 22.3 Å². The van der Waals surface area contributed by atoms with Crippen molar-refractivity contribution in [2.24, 2.45) is 0 Å². The zero-order valence-electron chi connectivity index (χ0n) is 15.0. The molecule has 0 aliphatic carbocycles. The number of methoxy groups -OCH3 is 2. The zero-order chi connectivity index (χ0) is 19.4. The summed E-state index contributed by atoms with van der Waals surface area (Å²) in [6.45, 7) is 0. The number of ether oxygens (including phenoxy) is 2. The van der Waals surface area contributed by atoms with Crippen molar-refractivity contribution in [1.29, 1.82) is 0 Å². The molecule has 6 heteroatoms. The molecule has 0 fully saturated rings. The predicted molar refractivity (Wildman–Crippen MR) is 105 cm³/mol. The minimum absolute atomic E-state index is 0.0761. The Balaban J connectivity index is 1.89. The molecule has 0 atom stereocenters. The molecule has 0 aliphatic rings. The van der Waals surface area contributed by atoms with Gasteiger partial charge in [-0.2, -0.15) is 0 Å². The summed E-state index contributed by atoms with van der Waals surface area (Å²) in [5.74, 6) is -0.920. The molecule has 0 N–H and O–H groups in total. The van der Waals surface area contributed by atoms with Gasteiger partial charge in [0.25, 0.3) is 0 Å². The third-order valence-electron chi connectivity index (χ3n) is 4.13. The Bertz CT molecular complexity index is 1100. The van der Waals surface area contributed by atoms with Crippen LogP contribution in [0.25, 0.3) is 16.8 Å². The normalized spacial score (nSPS) is 12.2. The van der Waals surface area contributed by atoms with Crippen molar-refractivity contribution in [1.82, 2.24) is 0 Å². The van der Waals surface area contributed by atoms with E-state index in [1.807, 2.05) is 36.4 Å². The van der Waals surface area contributed by atoms with Crippen LogP contribution in [0.5, 0.6) is 11.5 Å². The molecule has 4 nitrogen and oxygen atoms in total. The van der Waals surface area contributed by atoms with Crippen molar-refractivity contribution in [2.45, 2.75) is 4.90 Å². The van der Waals surface area contributed by atoms with E-state index in [-0.39, 0.29) is 10.6 Å². The summed E-state index contributed by atoms with van der Waals surface area (Å²) in [7, 11) is -1.09. The summed E-state index contributed by atoms with van der Waals surface area (Å²) >= 11 is 0. The van der Waals surface area contributed by atoms with Gasteiger partial charge in [0.1, 0.15) is 28.0 Å². The SMILES string of the molecule is COc1ccc(S(=O)(=O)C/C(F)=C/c2ccc3ccccc3c2)c(OC)c1. The van der Waals surface area contributed by atoms with E-state index in [1.165, 1.54) is 38.5 Å². The first kappa shape index (κ1) is 18.9. The lowest BCUT2D eigenvalue weighted by molar-refractivity contribution is 0.386. The van der Waals surface area contributed by atoms with Crippen LogP contribution in [0.1, 0.15) is 5.56 Å². The molecule has 0 saturated heterocycles. The highest BCUT2D eigenvalue weighted by molar-refractivity contribution is 7.91. The van der Waals surface area contributed by atoms with Crippen LogP contribution in [0, 0.1) is 0 Å². The maximum atomic E-state index is 14.5. The topological polar surface area (TPSA) is 52.6 Å². The Morgan fingerprint density at radius 2 is 1.70 bits per heavy atom. The van der Waals surface area contributed by atoms with Crippen molar-refractivity contribution in [2.75, 3.05) is 20.0 Å². The van der Waals surface area contributed by atoms with Gasteiger partial charge in [-0.05, 0) is 40.6 Å². The summed E-state index contributed by atoms with van der Waals surface area (Å²) in [5.41, 5.74) is 0.600. The fourth-order valence-corrected chi connectivity index (χ4v) is 4.14. The van der Waals surface area contributed by atoms with Gasteiger partial charge >= 0.3 is 0 Å². The number of fused-ring (bicyclic) bond motifs is 1. The van der Waals surface area contributed by atoms with Crippen molar-refractivity contribution in [3.8, 4) is 11.5 Å². The van der Waals surface area contributed by atoms with E-state index in [9.17, 15) is 12.8 Å². The number of rotatable bonds is 6. The molecule has 0 radical (unpaired) electrons. The van der Waals surface area contributed by atoms with Crippen molar-refractivity contribution in [3.05, 3.63) is 72.1 Å². The molecule has 27 heavy (non-hydrogen) atoms. The fraction of sp³-hybridized carbons (Fsp3) is 0.143. The average Bonchev–Trinajstić information content (AvgIpc) is 2.66. The highest BCUT2D eigenvalue weighted by Gasteiger charge is 2.22. The fourth-order valence-electron chi connectivity index (χ4n) is 2.81. The number of hydrogen-bond acceptors (Lipinski definition) is 4. The number of benzene rings is 3. The molecular weight excluding hydrogens is 367 g/mol. The lowest BCUT2D eigenvalue weighted by Gasteiger charge is -2.10. The van der Waals surface area contributed by atoms with E-state index in [0.717, 1.165) is 10.8 Å². The first-order chi connectivity index (χ1) is 12.9. The van der Waals surface area contributed by atoms with Gasteiger partial charge < -0.3 is 9.47 Å². The lowest BCUT2D eigenvalue weighted by atomic mass is 10.1. The maximum Gasteiger partial charge on any atom is 0.188 e. The second kappa shape index (κ2) is 7.80. The quantitative estimate of drug-likeness (QED) is 0.619. The lowest BCUT2D eigenvalue weighted by Crippen LogP contribution is -2.09. The second-order valence-corrected chi connectivity index (χ2v) is 7.93. The van der Waals surface area contributed by atoms with E-state index in [0.29, 0.717) is 11.3 Å². The van der Waals surface area contributed by atoms with Crippen LogP contribution >= 0.6 is 0 Å². The van der Waals surface area contributed by atoms with E-state index in [2.05, 4.69) is 0 Å². The van der Waals surface area contributed by atoms with Crippen LogP contribution < -0.4 is 9.47 Å². The smallest absolute Gasteiger partial charge is 0.188 e.